The van der Waals surface area contributed by atoms with Gasteiger partial charge in [-0.1, -0.05) is 133 Å². The van der Waals surface area contributed by atoms with Gasteiger partial charge in [0.15, 0.2) is 11.6 Å². The van der Waals surface area contributed by atoms with E-state index in [9.17, 15) is 0 Å². The predicted molar refractivity (Wildman–Crippen MR) is 247 cm³/mol. The Hall–Kier alpha value is -7.67. The molecule has 0 unspecified atom stereocenters. The summed E-state index contributed by atoms with van der Waals surface area (Å²) in [6, 6.07) is 67.2. The summed E-state index contributed by atoms with van der Waals surface area (Å²) >= 11 is 1.79. The van der Waals surface area contributed by atoms with Crippen molar-refractivity contribution in [1.29, 1.82) is 0 Å². The first-order chi connectivity index (χ1) is 29.3. The summed E-state index contributed by atoms with van der Waals surface area (Å²) in [4.78, 5) is 18.7. The fourth-order valence-corrected chi connectivity index (χ4v) is 10.6. The number of benzene rings is 9. The van der Waals surface area contributed by atoms with Crippen LogP contribution < -0.4 is 4.90 Å². The van der Waals surface area contributed by atoms with Gasteiger partial charge in [-0.2, -0.15) is 9.97 Å². The molecule has 0 saturated carbocycles. The fourth-order valence-electron chi connectivity index (χ4n) is 9.38. The van der Waals surface area contributed by atoms with E-state index in [-0.39, 0.29) is 0 Å². The smallest absolute Gasteiger partial charge is 0.238 e. The van der Waals surface area contributed by atoms with Gasteiger partial charge in [0.2, 0.25) is 5.95 Å². The second-order valence-corrected chi connectivity index (χ2v) is 16.2. The summed E-state index contributed by atoms with van der Waals surface area (Å²) in [5, 5.41) is 9.42. The van der Waals surface area contributed by atoms with Crippen LogP contribution in [0.2, 0.25) is 0 Å². The Bertz CT molecular complexity index is 3690. The van der Waals surface area contributed by atoms with Gasteiger partial charge in [0, 0.05) is 64.1 Å². The molecule has 0 atom stereocenters. The number of aromatic nitrogens is 4. The first-order valence-corrected chi connectivity index (χ1v) is 20.7. The molecule has 0 bridgehead atoms. The molecule has 0 spiro atoms. The van der Waals surface area contributed by atoms with Gasteiger partial charge in [-0.15, -0.1) is 11.3 Å². The highest BCUT2D eigenvalue weighted by Crippen LogP contribution is 2.53. The second-order valence-electron chi connectivity index (χ2n) is 15.2. The summed E-state index contributed by atoms with van der Waals surface area (Å²) in [6.07, 6.45) is 0. The average molecular weight is 770 g/mol. The molecule has 0 radical (unpaired) electrons. The molecule has 1 aliphatic heterocycles. The van der Waals surface area contributed by atoms with Crippen molar-refractivity contribution in [2.75, 3.05) is 4.90 Å². The molecule has 5 nitrogen and oxygen atoms in total. The SMILES string of the molecule is c1ccc(-n2c3ccccc3c3cc(-c4nc(-c5cccc6c5sc5ccccc56)nc(N5c6c(ccc7ccccc67)-c6cccc7cccc5c67)n4)ccc32)cc1. The van der Waals surface area contributed by atoms with Gasteiger partial charge in [0.25, 0.3) is 0 Å². The maximum absolute atomic E-state index is 5.50. The zero-order chi connectivity index (χ0) is 38.6. The Morgan fingerprint density at radius 1 is 0.424 bits per heavy atom. The van der Waals surface area contributed by atoms with Crippen LogP contribution in [0.25, 0.3) is 103 Å². The maximum atomic E-state index is 5.50. The van der Waals surface area contributed by atoms with E-state index in [1.54, 1.807) is 11.3 Å². The monoisotopic (exact) mass is 769 g/mol. The highest BCUT2D eigenvalue weighted by atomic mass is 32.1. The van der Waals surface area contributed by atoms with Crippen LogP contribution in [0.5, 0.6) is 0 Å². The number of para-hydroxylation sites is 2. The molecule has 0 amide bonds. The van der Waals surface area contributed by atoms with Crippen molar-refractivity contribution < 1.29 is 0 Å². The van der Waals surface area contributed by atoms with Crippen LogP contribution in [0.4, 0.5) is 17.3 Å². The predicted octanol–water partition coefficient (Wildman–Crippen LogP) is 14.4. The molecule has 0 fully saturated rings. The van der Waals surface area contributed by atoms with Crippen LogP contribution in [0.15, 0.2) is 188 Å². The summed E-state index contributed by atoms with van der Waals surface area (Å²) in [5.74, 6) is 1.84. The number of thiophene rings is 1. The van der Waals surface area contributed by atoms with E-state index in [4.69, 9.17) is 15.0 Å². The molecular weight excluding hydrogens is 739 g/mol. The van der Waals surface area contributed by atoms with Gasteiger partial charge >= 0.3 is 0 Å². The van der Waals surface area contributed by atoms with Crippen molar-refractivity contribution in [3.05, 3.63) is 188 Å². The van der Waals surface area contributed by atoms with Crippen molar-refractivity contribution in [2.24, 2.45) is 0 Å². The number of anilines is 3. The molecule has 0 N–H and O–H groups in total. The largest absolute Gasteiger partial charge is 0.309 e. The first-order valence-electron chi connectivity index (χ1n) is 19.9. The number of hydrogen-bond donors (Lipinski definition) is 0. The van der Waals surface area contributed by atoms with Crippen LogP contribution >= 0.6 is 11.3 Å². The lowest BCUT2D eigenvalue weighted by Crippen LogP contribution is -2.19. The molecule has 59 heavy (non-hydrogen) atoms. The average Bonchev–Trinajstić information content (AvgIpc) is 3.85. The molecule has 9 aromatic carbocycles. The topological polar surface area (TPSA) is 46.8 Å². The second kappa shape index (κ2) is 12.4. The first kappa shape index (κ1) is 32.4. The van der Waals surface area contributed by atoms with E-state index in [1.807, 2.05) is 0 Å². The highest BCUT2D eigenvalue weighted by Gasteiger charge is 2.30. The lowest BCUT2D eigenvalue weighted by molar-refractivity contribution is 1.03. The van der Waals surface area contributed by atoms with Crippen molar-refractivity contribution >= 4 is 92.2 Å². The Balaban J connectivity index is 1.12. The molecular formula is C53H31N5S. The number of rotatable bonds is 4. The number of fused-ring (bicyclic) bond motifs is 10. The molecule has 13 rings (SSSR count). The van der Waals surface area contributed by atoms with Crippen LogP contribution in [0, 0.1) is 0 Å². The van der Waals surface area contributed by atoms with Gasteiger partial charge in [-0.05, 0) is 70.9 Å². The third-order valence-corrected chi connectivity index (χ3v) is 13.2. The van der Waals surface area contributed by atoms with Crippen LogP contribution in [-0.4, -0.2) is 19.5 Å². The zero-order valence-electron chi connectivity index (χ0n) is 31.5. The van der Waals surface area contributed by atoms with Gasteiger partial charge in [-0.25, -0.2) is 4.98 Å². The van der Waals surface area contributed by atoms with Crippen molar-refractivity contribution in [3.8, 4) is 39.6 Å². The quantitative estimate of drug-likeness (QED) is 0.179. The molecule has 0 aliphatic carbocycles. The number of nitrogens with zero attached hydrogens (tertiary/aromatic N) is 5. The molecule has 12 aromatic rings. The van der Waals surface area contributed by atoms with Crippen molar-refractivity contribution in [2.45, 2.75) is 0 Å². The molecule has 4 heterocycles. The van der Waals surface area contributed by atoms with Crippen LogP contribution in [-0.2, 0) is 0 Å². The summed E-state index contributed by atoms with van der Waals surface area (Å²) in [6.45, 7) is 0. The van der Waals surface area contributed by atoms with E-state index in [1.165, 1.54) is 37.2 Å². The highest BCUT2D eigenvalue weighted by molar-refractivity contribution is 7.26. The third-order valence-electron chi connectivity index (χ3n) is 12.0. The van der Waals surface area contributed by atoms with E-state index < -0.39 is 0 Å². The minimum absolute atomic E-state index is 0.578. The molecule has 1 aliphatic rings. The summed E-state index contributed by atoms with van der Waals surface area (Å²) in [5.41, 5.74) is 9.80. The lowest BCUT2D eigenvalue weighted by atomic mass is 9.89. The normalized spacial score (nSPS) is 12.4. The summed E-state index contributed by atoms with van der Waals surface area (Å²) < 4.78 is 4.74. The van der Waals surface area contributed by atoms with Crippen LogP contribution in [0.1, 0.15) is 0 Å². The fraction of sp³-hybridized carbons (Fsp3) is 0. The molecule has 0 saturated heterocycles. The van der Waals surface area contributed by atoms with E-state index in [2.05, 4.69) is 198 Å². The molecule has 274 valence electrons. The lowest BCUT2D eigenvalue weighted by Gasteiger charge is -2.33. The maximum Gasteiger partial charge on any atom is 0.238 e. The van der Waals surface area contributed by atoms with E-state index in [0.717, 1.165) is 65.6 Å². The third kappa shape index (κ3) is 4.75. The Morgan fingerprint density at radius 3 is 2.03 bits per heavy atom. The van der Waals surface area contributed by atoms with Crippen LogP contribution in [0.3, 0.4) is 0 Å². The molecule has 3 aromatic heterocycles. The Morgan fingerprint density at radius 2 is 1.12 bits per heavy atom. The van der Waals surface area contributed by atoms with Crippen molar-refractivity contribution in [1.82, 2.24) is 19.5 Å². The van der Waals surface area contributed by atoms with Gasteiger partial charge in [-0.3, -0.25) is 4.90 Å². The van der Waals surface area contributed by atoms with Gasteiger partial charge in [0.05, 0.1) is 22.4 Å². The van der Waals surface area contributed by atoms with Crippen molar-refractivity contribution in [3.63, 3.8) is 0 Å². The Labute approximate surface area is 342 Å². The minimum Gasteiger partial charge on any atom is -0.309 e. The number of hydrogen-bond acceptors (Lipinski definition) is 5. The zero-order valence-corrected chi connectivity index (χ0v) is 32.4. The van der Waals surface area contributed by atoms with Gasteiger partial charge < -0.3 is 4.57 Å². The summed E-state index contributed by atoms with van der Waals surface area (Å²) in [7, 11) is 0. The minimum atomic E-state index is 0.578. The van der Waals surface area contributed by atoms with E-state index in [0.29, 0.717) is 17.6 Å². The standard InChI is InChI=1S/C53H31N5S/c1-2-16-35(17-3-1)57-44-24-8-6-19-37(44)43-31-34(28-30-45(43)57)51-54-52(42-23-12-22-41-38-20-7-9-26-47(38)59-50(41)42)56-53(55-51)58-46-25-11-15-33-14-10-21-39(48(33)46)40-29-27-32-13-4-5-18-36(32)49(40)58/h1-31H. The van der Waals surface area contributed by atoms with E-state index >= 15 is 0 Å². The molecule has 6 heteroatoms. The Kier molecular flexibility index (Phi) is 6.82. The van der Waals surface area contributed by atoms with Gasteiger partial charge in [0.1, 0.15) is 0 Å².